The largest absolute Gasteiger partial charge is 0.463 e. The minimum absolute atomic E-state index is 0.0673. The number of hydrogen-bond acceptors (Lipinski definition) is 7. The highest BCUT2D eigenvalue weighted by Gasteiger charge is 2.65. The van der Waals surface area contributed by atoms with E-state index in [-0.39, 0.29) is 72.3 Å². The van der Waals surface area contributed by atoms with E-state index in [1.165, 1.54) is 0 Å². The van der Waals surface area contributed by atoms with E-state index >= 15 is 0 Å². The van der Waals surface area contributed by atoms with Crippen LogP contribution in [0.2, 0.25) is 0 Å². The summed E-state index contributed by atoms with van der Waals surface area (Å²) in [5.41, 5.74) is -0.217. The Morgan fingerprint density at radius 3 is 2.43 bits per heavy atom. The maximum absolute atomic E-state index is 12.2. The molecular formula is C28H46O7. The minimum Gasteiger partial charge on any atom is -0.463 e. The molecule has 7 nitrogen and oxygen atoms in total. The summed E-state index contributed by atoms with van der Waals surface area (Å²) in [5.74, 6) is 0.613. The van der Waals surface area contributed by atoms with Crippen LogP contribution < -0.4 is 0 Å². The summed E-state index contributed by atoms with van der Waals surface area (Å²) in [6, 6.07) is 0. The van der Waals surface area contributed by atoms with Crippen molar-refractivity contribution >= 4 is 11.9 Å². The molecule has 4 saturated carbocycles. The van der Waals surface area contributed by atoms with Crippen LogP contribution in [0.4, 0.5) is 0 Å². The van der Waals surface area contributed by atoms with E-state index in [0.29, 0.717) is 18.8 Å². The van der Waals surface area contributed by atoms with Crippen molar-refractivity contribution in [1.29, 1.82) is 0 Å². The summed E-state index contributed by atoms with van der Waals surface area (Å²) in [5, 5.41) is 33.3. The summed E-state index contributed by atoms with van der Waals surface area (Å²) >= 11 is 0. The first-order valence-corrected chi connectivity index (χ1v) is 13.9. The van der Waals surface area contributed by atoms with E-state index in [9.17, 15) is 24.9 Å². The molecule has 4 aliphatic rings. The van der Waals surface area contributed by atoms with Crippen LogP contribution in [0.3, 0.4) is 0 Å². The summed E-state index contributed by atoms with van der Waals surface area (Å²) in [7, 11) is 0. The molecule has 0 radical (unpaired) electrons. The maximum atomic E-state index is 12.2. The molecule has 0 spiro atoms. The van der Waals surface area contributed by atoms with Gasteiger partial charge in [0.1, 0.15) is 0 Å². The Labute approximate surface area is 210 Å². The molecular weight excluding hydrogens is 448 g/mol. The molecule has 0 aromatic rings. The molecule has 35 heavy (non-hydrogen) atoms. The Morgan fingerprint density at radius 1 is 0.971 bits per heavy atom. The lowest BCUT2D eigenvalue weighted by atomic mass is 9.43. The number of esters is 2. The van der Waals surface area contributed by atoms with Crippen molar-refractivity contribution in [2.24, 2.45) is 46.3 Å². The predicted octanol–water partition coefficient (Wildman–Crippen LogP) is 3.47. The Balaban J connectivity index is 1.43. The predicted molar refractivity (Wildman–Crippen MR) is 130 cm³/mol. The highest BCUT2D eigenvalue weighted by molar-refractivity contribution is 5.76. The zero-order valence-electron chi connectivity index (χ0n) is 21.9. The molecule has 0 amide bonds. The molecule has 7 heteroatoms. The fraction of sp³-hybridized carbons (Fsp3) is 0.929. The van der Waals surface area contributed by atoms with Crippen LogP contribution in [-0.2, 0) is 19.1 Å². The first-order valence-electron chi connectivity index (χ1n) is 13.9. The van der Waals surface area contributed by atoms with E-state index in [1.54, 1.807) is 6.92 Å². The number of aliphatic hydroxyl groups is 3. The van der Waals surface area contributed by atoms with Gasteiger partial charge in [-0.15, -0.1) is 0 Å². The third kappa shape index (κ3) is 4.77. The highest BCUT2D eigenvalue weighted by Crippen LogP contribution is 2.68. The average molecular weight is 495 g/mol. The fourth-order valence-electron chi connectivity index (χ4n) is 9.09. The number of fused-ring (bicyclic) bond motifs is 5. The van der Waals surface area contributed by atoms with Crippen molar-refractivity contribution in [1.82, 2.24) is 0 Å². The van der Waals surface area contributed by atoms with Crippen LogP contribution in [0, 0.1) is 46.3 Å². The lowest BCUT2D eigenvalue weighted by Crippen LogP contribution is -2.62. The molecule has 0 aromatic carbocycles. The molecule has 0 heterocycles. The SMILES string of the molecule is CCOC(=O)COC(=O)CCC(C)C1CCC2C3C(O)CC4CC(O)CCC4(C)C3CC(O)C12C. The third-order valence-corrected chi connectivity index (χ3v) is 11.0. The third-order valence-electron chi connectivity index (χ3n) is 11.0. The Morgan fingerprint density at radius 2 is 1.71 bits per heavy atom. The van der Waals surface area contributed by atoms with Crippen LogP contribution in [-0.4, -0.2) is 58.8 Å². The Hall–Kier alpha value is -1.18. The molecule has 11 unspecified atom stereocenters. The summed E-state index contributed by atoms with van der Waals surface area (Å²) in [6.07, 6.45) is 5.81. The molecule has 0 aromatic heterocycles. The van der Waals surface area contributed by atoms with Gasteiger partial charge in [-0.25, -0.2) is 4.79 Å². The van der Waals surface area contributed by atoms with E-state index < -0.39 is 18.0 Å². The molecule has 4 aliphatic carbocycles. The standard InChI is InChI=1S/C28H46O7/c1-5-34-25(33)15-35-24(32)9-6-16(2)19-7-8-20-26-21(14-23(31)28(19,20)4)27(3)11-10-18(29)12-17(27)13-22(26)30/h16-23,26,29-31H,5-15H2,1-4H3. The van der Waals surface area contributed by atoms with Crippen molar-refractivity contribution in [2.45, 2.75) is 104 Å². The van der Waals surface area contributed by atoms with Gasteiger partial charge in [0.2, 0.25) is 0 Å². The number of aliphatic hydroxyl groups excluding tert-OH is 3. The lowest BCUT2D eigenvalue weighted by Gasteiger charge is -2.63. The zero-order valence-corrected chi connectivity index (χ0v) is 21.9. The van der Waals surface area contributed by atoms with Crippen molar-refractivity contribution in [3.8, 4) is 0 Å². The van der Waals surface area contributed by atoms with Crippen LogP contribution in [0.1, 0.15) is 85.5 Å². The minimum atomic E-state index is -0.533. The summed E-state index contributed by atoms with van der Waals surface area (Å²) < 4.78 is 9.87. The molecule has 3 N–H and O–H groups in total. The molecule has 0 aliphatic heterocycles. The van der Waals surface area contributed by atoms with Gasteiger partial charge in [-0.1, -0.05) is 20.8 Å². The first-order chi connectivity index (χ1) is 16.5. The molecule has 4 fully saturated rings. The molecule has 200 valence electrons. The van der Waals surface area contributed by atoms with Gasteiger partial charge < -0.3 is 24.8 Å². The van der Waals surface area contributed by atoms with E-state index in [0.717, 1.165) is 38.5 Å². The smallest absolute Gasteiger partial charge is 0.344 e. The second-order valence-corrected chi connectivity index (χ2v) is 12.5. The summed E-state index contributed by atoms with van der Waals surface area (Å²) in [4.78, 5) is 23.6. The normalized spacial score (nSPS) is 45.6. The van der Waals surface area contributed by atoms with Crippen molar-refractivity contribution < 1.29 is 34.4 Å². The van der Waals surface area contributed by atoms with Crippen LogP contribution in [0.5, 0.6) is 0 Å². The molecule has 4 rings (SSSR count). The molecule has 0 saturated heterocycles. The van der Waals surface area contributed by atoms with Gasteiger partial charge >= 0.3 is 11.9 Å². The van der Waals surface area contributed by atoms with Gasteiger partial charge in [0.25, 0.3) is 0 Å². The van der Waals surface area contributed by atoms with Crippen molar-refractivity contribution in [3.63, 3.8) is 0 Å². The first kappa shape index (κ1) is 26.9. The van der Waals surface area contributed by atoms with Gasteiger partial charge in [-0.3, -0.25) is 4.79 Å². The van der Waals surface area contributed by atoms with Gasteiger partial charge in [0, 0.05) is 6.42 Å². The van der Waals surface area contributed by atoms with Gasteiger partial charge in [0.05, 0.1) is 24.9 Å². The summed E-state index contributed by atoms with van der Waals surface area (Å²) in [6.45, 7) is 8.35. The average Bonchev–Trinajstić information content (AvgIpc) is 3.16. The van der Waals surface area contributed by atoms with Crippen LogP contribution in [0.15, 0.2) is 0 Å². The van der Waals surface area contributed by atoms with Crippen molar-refractivity contribution in [3.05, 3.63) is 0 Å². The quantitative estimate of drug-likeness (QED) is 0.465. The highest BCUT2D eigenvalue weighted by atomic mass is 16.6. The Kier molecular flexibility index (Phi) is 7.90. The Bertz CT molecular complexity index is 785. The number of carbonyl (C=O) groups is 2. The number of hydrogen-bond donors (Lipinski definition) is 3. The van der Waals surface area contributed by atoms with Gasteiger partial charge in [-0.05, 0) is 105 Å². The number of rotatable bonds is 7. The number of carbonyl (C=O) groups excluding carboxylic acids is 2. The maximum Gasteiger partial charge on any atom is 0.344 e. The van der Waals surface area contributed by atoms with Gasteiger partial charge in [0.15, 0.2) is 6.61 Å². The van der Waals surface area contributed by atoms with Crippen LogP contribution in [0.25, 0.3) is 0 Å². The van der Waals surface area contributed by atoms with E-state index in [1.807, 2.05) is 0 Å². The number of ether oxygens (including phenoxy) is 2. The molecule has 0 bridgehead atoms. The second-order valence-electron chi connectivity index (χ2n) is 12.5. The lowest BCUT2D eigenvalue weighted by molar-refractivity contribution is -0.207. The molecule has 11 atom stereocenters. The second kappa shape index (κ2) is 10.3. The van der Waals surface area contributed by atoms with E-state index in [2.05, 4.69) is 20.8 Å². The topological polar surface area (TPSA) is 113 Å². The van der Waals surface area contributed by atoms with E-state index in [4.69, 9.17) is 9.47 Å². The fourth-order valence-corrected chi connectivity index (χ4v) is 9.09. The van der Waals surface area contributed by atoms with Crippen LogP contribution >= 0.6 is 0 Å². The monoisotopic (exact) mass is 494 g/mol. The van der Waals surface area contributed by atoms with Gasteiger partial charge in [-0.2, -0.15) is 0 Å². The van der Waals surface area contributed by atoms with Crippen molar-refractivity contribution in [2.75, 3.05) is 13.2 Å². The zero-order chi connectivity index (χ0) is 25.5.